The van der Waals surface area contributed by atoms with Crippen LogP contribution >= 0.6 is 11.8 Å². The summed E-state index contributed by atoms with van der Waals surface area (Å²) in [5, 5.41) is 15.2. The van der Waals surface area contributed by atoms with Crippen LogP contribution in [-0.2, 0) is 9.53 Å². The third kappa shape index (κ3) is 1.17. The fourth-order valence-electron chi connectivity index (χ4n) is 0.525. The summed E-state index contributed by atoms with van der Waals surface area (Å²) in [6.45, 7) is 0.299. The van der Waals surface area contributed by atoms with Crippen LogP contribution in [0.2, 0.25) is 0 Å². The van der Waals surface area contributed by atoms with Crippen LogP contribution in [0.5, 0.6) is 0 Å². The Labute approximate surface area is 55.8 Å². The van der Waals surface area contributed by atoms with E-state index in [1.807, 2.05) is 0 Å². The predicted octanol–water partition coefficient (Wildman–Crippen LogP) is -0.519. The van der Waals surface area contributed by atoms with Crippen molar-refractivity contribution in [2.24, 2.45) is 0 Å². The largest absolute Gasteiger partial charge is 0.477 e. The zero-order chi connectivity index (χ0) is 6.91. The van der Waals surface area contributed by atoms with Crippen LogP contribution in [-0.4, -0.2) is 33.7 Å². The second kappa shape index (κ2) is 2.17. The topological polar surface area (TPSA) is 66.8 Å². The lowest BCUT2D eigenvalue weighted by molar-refractivity contribution is -0.182. The number of carboxylic acid groups (broad SMARTS) is 1. The van der Waals surface area contributed by atoms with Crippen molar-refractivity contribution in [3.8, 4) is 0 Å². The zero-order valence-electron chi connectivity index (χ0n) is 4.53. The highest BCUT2D eigenvalue weighted by atomic mass is 32.2. The summed E-state index contributed by atoms with van der Waals surface area (Å²) in [7, 11) is 0. The Bertz CT molecular complexity index is 129. The molecule has 1 aliphatic rings. The van der Waals surface area contributed by atoms with Crippen LogP contribution in [0.25, 0.3) is 0 Å². The van der Waals surface area contributed by atoms with Gasteiger partial charge in [0.05, 0.1) is 6.61 Å². The molecular formula is C4H6O4S. The minimum Gasteiger partial charge on any atom is -0.477 e. The first-order valence-corrected chi connectivity index (χ1v) is 3.37. The lowest BCUT2D eigenvalue weighted by atomic mass is 10.6. The van der Waals surface area contributed by atoms with E-state index in [1.54, 1.807) is 0 Å². The molecule has 1 saturated heterocycles. The van der Waals surface area contributed by atoms with Crippen molar-refractivity contribution in [3.63, 3.8) is 0 Å². The Morgan fingerprint density at radius 3 is 2.67 bits per heavy atom. The summed E-state index contributed by atoms with van der Waals surface area (Å²) in [5.74, 6) is -0.798. The number of aliphatic hydroxyl groups is 1. The molecule has 0 unspecified atom stereocenters. The Hall–Kier alpha value is -0.260. The summed E-state index contributed by atoms with van der Waals surface area (Å²) in [6, 6.07) is 0. The van der Waals surface area contributed by atoms with Gasteiger partial charge in [-0.05, 0) is 0 Å². The van der Waals surface area contributed by atoms with Crippen LogP contribution in [0.3, 0.4) is 0 Å². The second-order valence-corrected chi connectivity index (χ2v) is 2.83. The molecule has 1 fully saturated rings. The Balaban J connectivity index is 2.61. The van der Waals surface area contributed by atoms with Crippen molar-refractivity contribution in [3.05, 3.63) is 0 Å². The van der Waals surface area contributed by atoms with Gasteiger partial charge in [0.15, 0.2) is 0 Å². The molecule has 1 rings (SSSR count). The molecule has 9 heavy (non-hydrogen) atoms. The highest BCUT2D eigenvalue weighted by Gasteiger charge is 2.41. The normalized spacial score (nSPS) is 34.8. The smallest absolute Gasteiger partial charge is 0.376 e. The number of rotatable bonds is 1. The van der Waals surface area contributed by atoms with E-state index in [-0.39, 0.29) is 0 Å². The highest BCUT2D eigenvalue weighted by Crippen LogP contribution is 2.29. The van der Waals surface area contributed by atoms with Gasteiger partial charge in [-0.15, -0.1) is 0 Å². The van der Waals surface area contributed by atoms with Gasteiger partial charge >= 0.3 is 11.1 Å². The Morgan fingerprint density at radius 1 is 1.78 bits per heavy atom. The number of carbonyl (C=O) groups is 1. The molecule has 4 nitrogen and oxygen atoms in total. The maximum absolute atomic E-state index is 10.1. The van der Waals surface area contributed by atoms with Gasteiger partial charge in [-0.2, -0.15) is 0 Å². The van der Waals surface area contributed by atoms with Crippen LogP contribution in [0.4, 0.5) is 0 Å². The van der Waals surface area contributed by atoms with Crippen LogP contribution < -0.4 is 0 Å². The SMILES string of the molecule is O=C(O)[C@@]1(O)OCCS1. The van der Waals surface area contributed by atoms with Crippen molar-refractivity contribution >= 4 is 17.7 Å². The molecule has 1 aliphatic heterocycles. The van der Waals surface area contributed by atoms with Gasteiger partial charge in [0, 0.05) is 5.75 Å². The molecule has 2 N–H and O–H groups in total. The third-order valence-corrected chi connectivity index (χ3v) is 2.00. The average Bonchev–Trinajstić information content (AvgIpc) is 2.16. The summed E-state index contributed by atoms with van der Waals surface area (Å²) < 4.78 is 4.52. The van der Waals surface area contributed by atoms with Gasteiger partial charge < -0.3 is 14.9 Å². The van der Waals surface area contributed by atoms with Gasteiger partial charge in [0.1, 0.15) is 0 Å². The van der Waals surface area contributed by atoms with E-state index in [1.165, 1.54) is 0 Å². The predicted molar refractivity (Wildman–Crippen MR) is 31.0 cm³/mol. The molecule has 0 saturated carbocycles. The maximum atomic E-state index is 10.1. The number of aliphatic carboxylic acids is 1. The summed E-state index contributed by atoms with van der Waals surface area (Å²) in [4.78, 5) is 10.1. The van der Waals surface area contributed by atoms with Gasteiger partial charge in [-0.3, -0.25) is 0 Å². The fraction of sp³-hybridized carbons (Fsp3) is 0.750. The minimum atomic E-state index is -1.97. The molecule has 0 aromatic carbocycles. The van der Waals surface area contributed by atoms with E-state index in [2.05, 4.69) is 4.74 Å². The van der Waals surface area contributed by atoms with Gasteiger partial charge in [0.2, 0.25) is 0 Å². The van der Waals surface area contributed by atoms with Gasteiger partial charge in [-0.25, -0.2) is 4.79 Å². The number of carboxylic acids is 1. The molecule has 1 heterocycles. The van der Waals surface area contributed by atoms with Crippen molar-refractivity contribution in [1.82, 2.24) is 0 Å². The van der Waals surface area contributed by atoms with Gasteiger partial charge in [-0.1, -0.05) is 11.8 Å². The van der Waals surface area contributed by atoms with Crippen LogP contribution in [0.1, 0.15) is 0 Å². The van der Waals surface area contributed by atoms with E-state index in [9.17, 15) is 4.79 Å². The molecule has 0 aromatic heterocycles. The van der Waals surface area contributed by atoms with Crippen molar-refractivity contribution in [2.75, 3.05) is 12.4 Å². The summed E-state index contributed by atoms with van der Waals surface area (Å²) in [6.07, 6.45) is 0. The number of thioether (sulfide) groups is 1. The molecule has 0 radical (unpaired) electrons. The number of hydrogen-bond acceptors (Lipinski definition) is 4. The summed E-state index contributed by atoms with van der Waals surface area (Å²) >= 11 is 0.887. The van der Waals surface area contributed by atoms with E-state index in [0.717, 1.165) is 11.8 Å². The van der Waals surface area contributed by atoms with Crippen LogP contribution in [0, 0.1) is 0 Å². The molecule has 0 aliphatic carbocycles. The lowest BCUT2D eigenvalue weighted by Crippen LogP contribution is -2.33. The third-order valence-electron chi connectivity index (χ3n) is 0.949. The van der Waals surface area contributed by atoms with E-state index >= 15 is 0 Å². The number of hydrogen-bond donors (Lipinski definition) is 2. The van der Waals surface area contributed by atoms with Crippen molar-refractivity contribution in [2.45, 2.75) is 5.12 Å². The quantitative estimate of drug-likeness (QED) is 0.526. The lowest BCUT2D eigenvalue weighted by Gasteiger charge is -2.12. The molecule has 5 heteroatoms. The summed E-state index contributed by atoms with van der Waals surface area (Å²) in [5.41, 5.74) is 0. The first-order chi connectivity index (χ1) is 4.15. The zero-order valence-corrected chi connectivity index (χ0v) is 5.35. The van der Waals surface area contributed by atoms with Crippen LogP contribution in [0.15, 0.2) is 0 Å². The molecule has 1 atom stereocenters. The number of ether oxygens (including phenoxy) is 1. The van der Waals surface area contributed by atoms with E-state index in [0.29, 0.717) is 12.4 Å². The standard InChI is InChI=1S/C4H6O4S/c5-3(6)4(7)8-1-2-9-4/h7H,1-2H2,(H,5,6)/t4-/m1/s1. The van der Waals surface area contributed by atoms with Crippen molar-refractivity contribution < 1.29 is 19.7 Å². The minimum absolute atomic E-state index is 0.299. The molecule has 0 bridgehead atoms. The van der Waals surface area contributed by atoms with E-state index < -0.39 is 11.1 Å². The van der Waals surface area contributed by atoms with E-state index in [4.69, 9.17) is 10.2 Å². The van der Waals surface area contributed by atoms with Gasteiger partial charge in [0.25, 0.3) is 0 Å². The first-order valence-electron chi connectivity index (χ1n) is 2.39. The average molecular weight is 150 g/mol. The Morgan fingerprint density at radius 2 is 2.44 bits per heavy atom. The maximum Gasteiger partial charge on any atom is 0.376 e. The molecule has 0 amide bonds. The first kappa shape index (κ1) is 6.85. The molecule has 52 valence electrons. The molecular weight excluding hydrogens is 144 g/mol. The molecule has 0 spiro atoms. The fourth-order valence-corrected chi connectivity index (χ4v) is 1.26. The highest BCUT2D eigenvalue weighted by molar-refractivity contribution is 8.01. The Kier molecular flexibility index (Phi) is 1.65. The molecule has 0 aromatic rings. The van der Waals surface area contributed by atoms with Crippen molar-refractivity contribution in [1.29, 1.82) is 0 Å². The monoisotopic (exact) mass is 150 g/mol. The second-order valence-electron chi connectivity index (χ2n) is 1.58.